The van der Waals surface area contributed by atoms with E-state index in [1.807, 2.05) is 0 Å². The van der Waals surface area contributed by atoms with Crippen LogP contribution in [0.2, 0.25) is 0 Å². The van der Waals surface area contributed by atoms with Crippen LogP contribution in [0, 0.1) is 17.0 Å². The summed E-state index contributed by atoms with van der Waals surface area (Å²) in [4.78, 5) is 14.6. The van der Waals surface area contributed by atoms with Crippen LogP contribution in [0.4, 0.5) is 11.5 Å². The number of aromatic nitrogens is 1. The summed E-state index contributed by atoms with van der Waals surface area (Å²) in [5, 5.41) is 17.3. The molecule has 1 aromatic heterocycles. The maximum atomic E-state index is 10.8. The van der Waals surface area contributed by atoms with Gasteiger partial charge in [0.2, 0.25) is 0 Å². The molecule has 6 nitrogen and oxygen atoms in total. The van der Waals surface area contributed by atoms with Crippen LogP contribution in [0.25, 0.3) is 0 Å². The predicted octanol–water partition coefficient (Wildman–Crippen LogP) is 1.46. The van der Waals surface area contributed by atoms with Crippen molar-refractivity contribution in [3.05, 3.63) is 27.9 Å². The lowest BCUT2D eigenvalue weighted by atomic mass is 10.1. The zero-order valence-electron chi connectivity index (χ0n) is 9.77. The third kappa shape index (κ3) is 2.91. The first-order valence-corrected chi connectivity index (χ1v) is 5.75. The number of rotatable bonds is 3. The molecule has 1 unspecified atom stereocenters. The molecule has 1 fully saturated rings. The number of nitro groups is 1. The van der Waals surface area contributed by atoms with Crippen LogP contribution in [0.1, 0.15) is 18.4 Å². The van der Waals surface area contributed by atoms with E-state index >= 15 is 0 Å². The van der Waals surface area contributed by atoms with Crippen molar-refractivity contribution in [1.82, 2.24) is 10.3 Å². The summed E-state index contributed by atoms with van der Waals surface area (Å²) >= 11 is 0. The van der Waals surface area contributed by atoms with Crippen molar-refractivity contribution in [1.29, 1.82) is 0 Å². The molecule has 0 bridgehead atoms. The van der Waals surface area contributed by atoms with Crippen LogP contribution in [-0.2, 0) is 0 Å². The first-order valence-electron chi connectivity index (χ1n) is 5.75. The van der Waals surface area contributed by atoms with Gasteiger partial charge in [0, 0.05) is 24.3 Å². The van der Waals surface area contributed by atoms with Crippen molar-refractivity contribution in [2.24, 2.45) is 0 Å². The minimum atomic E-state index is -0.374. The summed E-state index contributed by atoms with van der Waals surface area (Å²) in [5.41, 5.74) is 0.702. The van der Waals surface area contributed by atoms with Gasteiger partial charge in [0.25, 0.3) is 5.69 Å². The summed E-state index contributed by atoms with van der Waals surface area (Å²) in [6.07, 6.45) is 3.72. The smallest absolute Gasteiger partial charge is 0.277 e. The fourth-order valence-electron chi connectivity index (χ4n) is 1.97. The van der Waals surface area contributed by atoms with E-state index in [1.54, 1.807) is 6.92 Å². The molecular weight excluding hydrogens is 220 g/mol. The Hall–Kier alpha value is -1.69. The van der Waals surface area contributed by atoms with Gasteiger partial charge < -0.3 is 10.6 Å². The quantitative estimate of drug-likeness (QED) is 0.613. The highest BCUT2D eigenvalue weighted by Crippen LogP contribution is 2.20. The van der Waals surface area contributed by atoms with Gasteiger partial charge in [0.1, 0.15) is 5.82 Å². The molecule has 2 N–H and O–H groups in total. The molecule has 6 heteroatoms. The van der Waals surface area contributed by atoms with Crippen molar-refractivity contribution in [2.45, 2.75) is 25.8 Å². The van der Waals surface area contributed by atoms with Crippen LogP contribution in [0.5, 0.6) is 0 Å². The van der Waals surface area contributed by atoms with E-state index in [4.69, 9.17) is 0 Å². The maximum Gasteiger partial charge on any atom is 0.277 e. The predicted molar refractivity (Wildman–Crippen MR) is 65.1 cm³/mol. The molecule has 1 aromatic rings. The van der Waals surface area contributed by atoms with E-state index in [0.29, 0.717) is 17.4 Å². The molecule has 2 heterocycles. The minimum Gasteiger partial charge on any atom is -0.366 e. The topological polar surface area (TPSA) is 80.1 Å². The third-order valence-electron chi connectivity index (χ3n) is 2.92. The Morgan fingerprint density at radius 2 is 2.47 bits per heavy atom. The normalized spacial score (nSPS) is 19.9. The standard InChI is InChI=1S/C11H16N4O2/c1-8-6-13-11(5-10(8)15(16)17)14-9-3-2-4-12-7-9/h5-6,9,12H,2-4,7H2,1H3,(H,13,14). The van der Waals surface area contributed by atoms with E-state index in [9.17, 15) is 10.1 Å². The highest BCUT2D eigenvalue weighted by Gasteiger charge is 2.16. The van der Waals surface area contributed by atoms with Crippen LogP contribution >= 0.6 is 0 Å². The molecule has 0 aromatic carbocycles. The summed E-state index contributed by atoms with van der Waals surface area (Å²) in [6.45, 7) is 3.61. The Balaban J connectivity index is 2.10. The molecule has 0 aliphatic carbocycles. The summed E-state index contributed by atoms with van der Waals surface area (Å²) < 4.78 is 0. The lowest BCUT2D eigenvalue weighted by Crippen LogP contribution is -2.38. The number of hydrogen-bond acceptors (Lipinski definition) is 5. The molecule has 17 heavy (non-hydrogen) atoms. The van der Waals surface area contributed by atoms with Gasteiger partial charge in [0.15, 0.2) is 0 Å². The molecule has 0 saturated carbocycles. The molecule has 92 valence electrons. The van der Waals surface area contributed by atoms with E-state index in [1.165, 1.54) is 12.3 Å². The van der Waals surface area contributed by atoms with E-state index in [0.717, 1.165) is 25.9 Å². The largest absolute Gasteiger partial charge is 0.366 e. The Bertz CT molecular complexity index is 416. The summed E-state index contributed by atoms with van der Waals surface area (Å²) in [7, 11) is 0. The van der Waals surface area contributed by atoms with Gasteiger partial charge in [-0.2, -0.15) is 0 Å². The molecule has 0 radical (unpaired) electrons. The molecule has 0 spiro atoms. The first kappa shape index (κ1) is 11.8. The summed E-state index contributed by atoms with van der Waals surface area (Å²) in [6, 6.07) is 1.81. The molecule has 1 saturated heterocycles. The minimum absolute atomic E-state index is 0.117. The van der Waals surface area contributed by atoms with E-state index < -0.39 is 0 Å². The van der Waals surface area contributed by atoms with Gasteiger partial charge in [-0.25, -0.2) is 4.98 Å². The average Bonchev–Trinajstić information content (AvgIpc) is 2.32. The Labute approximate surface area is 99.6 Å². The number of nitrogens with zero attached hydrogens (tertiary/aromatic N) is 2. The molecule has 2 rings (SSSR count). The Kier molecular flexibility index (Phi) is 3.53. The lowest BCUT2D eigenvalue weighted by molar-refractivity contribution is -0.385. The average molecular weight is 236 g/mol. The Morgan fingerprint density at radius 3 is 3.12 bits per heavy atom. The fourth-order valence-corrected chi connectivity index (χ4v) is 1.97. The number of piperidine rings is 1. The van der Waals surface area contributed by atoms with Crippen LogP contribution in [-0.4, -0.2) is 29.0 Å². The van der Waals surface area contributed by atoms with Gasteiger partial charge >= 0.3 is 0 Å². The van der Waals surface area contributed by atoms with Gasteiger partial charge in [-0.1, -0.05) is 0 Å². The van der Waals surface area contributed by atoms with Crippen molar-refractivity contribution < 1.29 is 4.92 Å². The second-order valence-electron chi connectivity index (χ2n) is 4.30. The number of anilines is 1. The van der Waals surface area contributed by atoms with Crippen molar-refractivity contribution in [2.75, 3.05) is 18.4 Å². The lowest BCUT2D eigenvalue weighted by Gasteiger charge is -2.24. The molecule has 1 aliphatic heterocycles. The first-order chi connectivity index (χ1) is 8.16. The van der Waals surface area contributed by atoms with Crippen LogP contribution < -0.4 is 10.6 Å². The van der Waals surface area contributed by atoms with Crippen molar-refractivity contribution >= 4 is 11.5 Å². The zero-order valence-corrected chi connectivity index (χ0v) is 9.77. The van der Waals surface area contributed by atoms with Gasteiger partial charge in [-0.05, 0) is 26.3 Å². The Morgan fingerprint density at radius 1 is 1.65 bits per heavy atom. The number of aryl methyl sites for hydroxylation is 1. The molecule has 1 atom stereocenters. The number of pyridine rings is 1. The van der Waals surface area contributed by atoms with Crippen molar-refractivity contribution in [3.63, 3.8) is 0 Å². The SMILES string of the molecule is Cc1cnc(NC2CCCNC2)cc1[N+](=O)[O-]. The summed E-state index contributed by atoms with van der Waals surface area (Å²) in [5.74, 6) is 0.580. The van der Waals surface area contributed by atoms with Gasteiger partial charge in [-0.15, -0.1) is 0 Å². The second kappa shape index (κ2) is 5.09. The van der Waals surface area contributed by atoms with Gasteiger partial charge in [0.05, 0.1) is 11.0 Å². The van der Waals surface area contributed by atoms with E-state index in [-0.39, 0.29) is 10.6 Å². The molecule has 1 aliphatic rings. The number of hydrogen-bond donors (Lipinski definition) is 2. The highest BCUT2D eigenvalue weighted by molar-refractivity contribution is 5.49. The van der Waals surface area contributed by atoms with Crippen LogP contribution in [0.3, 0.4) is 0 Å². The fraction of sp³-hybridized carbons (Fsp3) is 0.545. The molecule has 0 amide bonds. The highest BCUT2D eigenvalue weighted by atomic mass is 16.6. The van der Waals surface area contributed by atoms with Crippen LogP contribution in [0.15, 0.2) is 12.3 Å². The van der Waals surface area contributed by atoms with Crippen molar-refractivity contribution in [3.8, 4) is 0 Å². The monoisotopic (exact) mass is 236 g/mol. The number of nitrogens with one attached hydrogen (secondary N) is 2. The second-order valence-corrected chi connectivity index (χ2v) is 4.30. The zero-order chi connectivity index (χ0) is 12.3. The third-order valence-corrected chi connectivity index (χ3v) is 2.92. The van der Waals surface area contributed by atoms with Gasteiger partial charge in [-0.3, -0.25) is 10.1 Å². The maximum absolute atomic E-state index is 10.8. The molecular formula is C11H16N4O2. The van der Waals surface area contributed by atoms with E-state index in [2.05, 4.69) is 15.6 Å².